The maximum Gasteiger partial charge on any atom is 0.408 e. The van der Waals surface area contributed by atoms with E-state index in [1.165, 1.54) is 17.7 Å². The van der Waals surface area contributed by atoms with Crippen molar-refractivity contribution in [1.82, 2.24) is 15.2 Å². The van der Waals surface area contributed by atoms with Crippen molar-refractivity contribution in [3.63, 3.8) is 0 Å². The number of aromatic nitrogens is 1. The highest BCUT2D eigenvalue weighted by Crippen LogP contribution is 2.34. The molecule has 2 atom stereocenters. The molecular weight excluding hydrogens is 487 g/mol. The number of nitrogens with zero attached hydrogens (tertiary/aromatic N) is 2. The number of pyridine rings is 1. The van der Waals surface area contributed by atoms with Crippen LogP contribution in [0.4, 0.5) is 15.0 Å². The molecular formula is C29H37FN4O4. The van der Waals surface area contributed by atoms with Crippen LogP contribution in [0.5, 0.6) is 0 Å². The number of rotatable bonds is 12. The maximum atomic E-state index is 13.6. The molecule has 1 aromatic heterocycles. The third kappa shape index (κ3) is 6.81. The molecule has 9 heteroatoms. The number of halogens is 1. The van der Waals surface area contributed by atoms with E-state index in [1.54, 1.807) is 6.07 Å². The standard InChI is InChI=1S/C29H37FN4O4/c30-21-9-6-19-8-13-26(24(19)18-21)38-29(37)33-25(28(35)36)14-17-34(23-11-12-23)16-2-1-5-22-10-7-20-4-3-15-31-27(20)32-22/h6-7,9-10,18,23,25-26H,1-5,8,11-17H2,(H,31,32)(H,33,37)(H,35,36)/t25-,26?/m0/s1. The van der Waals surface area contributed by atoms with Crippen LogP contribution in [0.15, 0.2) is 30.3 Å². The summed E-state index contributed by atoms with van der Waals surface area (Å²) in [6.45, 7) is 2.48. The zero-order chi connectivity index (χ0) is 26.5. The van der Waals surface area contributed by atoms with Crippen molar-refractivity contribution < 1.29 is 23.8 Å². The minimum Gasteiger partial charge on any atom is -0.480 e. The summed E-state index contributed by atoms with van der Waals surface area (Å²) in [5, 5.41) is 15.6. The highest BCUT2D eigenvalue weighted by atomic mass is 19.1. The van der Waals surface area contributed by atoms with Crippen molar-refractivity contribution in [2.45, 2.75) is 82.4 Å². The number of unbranched alkanes of at least 4 members (excludes halogenated alkanes) is 1. The van der Waals surface area contributed by atoms with Gasteiger partial charge in [-0.1, -0.05) is 12.1 Å². The lowest BCUT2D eigenvalue weighted by Gasteiger charge is -2.24. The van der Waals surface area contributed by atoms with Crippen LogP contribution in [-0.2, 0) is 28.8 Å². The van der Waals surface area contributed by atoms with Gasteiger partial charge >= 0.3 is 12.1 Å². The molecule has 0 spiro atoms. The Kier molecular flexibility index (Phi) is 8.42. The van der Waals surface area contributed by atoms with Gasteiger partial charge in [0.05, 0.1) is 0 Å². The molecule has 204 valence electrons. The fourth-order valence-electron chi connectivity index (χ4n) is 5.56. The normalized spacial score (nSPS) is 18.8. The van der Waals surface area contributed by atoms with E-state index < -0.39 is 24.2 Å². The van der Waals surface area contributed by atoms with Gasteiger partial charge in [-0.2, -0.15) is 0 Å². The summed E-state index contributed by atoms with van der Waals surface area (Å²) >= 11 is 0. The number of carboxylic acids is 1. The summed E-state index contributed by atoms with van der Waals surface area (Å²) in [5.41, 5.74) is 4.02. The smallest absolute Gasteiger partial charge is 0.408 e. The number of carbonyl (C=O) groups is 2. The van der Waals surface area contributed by atoms with E-state index in [9.17, 15) is 19.1 Å². The van der Waals surface area contributed by atoms with E-state index in [0.29, 0.717) is 37.4 Å². The molecule has 2 aliphatic carbocycles. The first-order valence-corrected chi connectivity index (χ1v) is 13.9. The monoisotopic (exact) mass is 524 g/mol. The minimum absolute atomic E-state index is 0.300. The average molecular weight is 525 g/mol. The first kappa shape index (κ1) is 26.4. The topological polar surface area (TPSA) is 104 Å². The third-order valence-electron chi connectivity index (χ3n) is 7.82. The number of carbonyl (C=O) groups excluding carboxylic acids is 1. The van der Waals surface area contributed by atoms with Gasteiger partial charge in [0.2, 0.25) is 0 Å². The van der Waals surface area contributed by atoms with Gasteiger partial charge < -0.3 is 25.4 Å². The molecule has 0 saturated heterocycles. The number of aryl methyl sites for hydroxylation is 3. The van der Waals surface area contributed by atoms with Crippen molar-refractivity contribution in [3.05, 3.63) is 58.5 Å². The molecule has 3 N–H and O–H groups in total. The number of hydrogen-bond acceptors (Lipinski definition) is 6. The number of ether oxygens (including phenoxy) is 1. The molecule has 1 aliphatic heterocycles. The first-order chi connectivity index (χ1) is 18.5. The number of carboxylic acid groups (broad SMARTS) is 1. The molecule has 5 rings (SSSR count). The average Bonchev–Trinajstić information content (AvgIpc) is 3.69. The van der Waals surface area contributed by atoms with Crippen molar-refractivity contribution in [2.24, 2.45) is 0 Å². The molecule has 8 nitrogen and oxygen atoms in total. The van der Waals surface area contributed by atoms with Crippen LogP contribution in [-0.4, -0.2) is 58.8 Å². The van der Waals surface area contributed by atoms with Crippen LogP contribution in [0.1, 0.15) is 73.4 Å². The van der Waals surface area contributed by atoms with Crippen molar-refractivity contribution in [2.75, 3.05) is 25.0 Å². The van der Waals surface area contributed by atoms with E-state index in [4.69, 9.17) is 9.72 Å². The van der Waals surface area contributed by atoms with Crippen molar-refractivity contribution in [3.8, 4) is 0 Å². The summed E-state index contributed by atoms with van der Waals surface area (Å²) in [6, 6.07) is 8.27. The van der Waals surface area contributed by atoms with Gasteiger partial charge in [-0.15, -0.1) is 0 Å². The molecule has 0 bridgehead atoms. The molecule has 1 unspecified atom stereocenters. The Morgan fingerprint density at radius 2 is 1.97 bits per heavy atom. The number of anilines is 1. The van der Waals surface area contributed by atoms with Gasteiger partial charge in [0.25, 0.3) is 0 Å². The van der Waals surface area contributed by atoms with Crippen LogP contribution in [0.3, 0.4) is 0 Å². The second-order valence-corrected chi connectivity index (χ2v) is 10.7. The maximum absolute atomic E-state index is 13.6. The Morgan fingerprint density at radius 3 is 2.79 bits per heavy atom. The largest absolute Gasteiger partial charge is 0.480 e. The Morgan fingerprint density at radius 1 is 1.13 bits per heavy atom. The fourth-order valence-corrected chi connectivity index (χ4v) is 5.56. The van der Waals surface area contributed by atoms with Gasteiger partial charge in [0.1, 0.15) is 23.8 Å². The van der Waals surface area contributed by atoms with Gasteiger partial charge in [0.15, 0.2) is 0 Å². The molecule has 1 fully saturated rings. The summed E-state index contributed by atoms with van der Waals surface area (Å²) in [5.74, 6) is -0.426. The van der Waals surface area contributed by atoms with E-state index in [0.717, 1.165) is 75.1 Å². The summed E-state index contributed by atoms with van der Waals surface area (Å²) < 4.78 is 19.1. The van der Waals surface area contributed by atoms with E-state index in [1.807, 2.05) is 0 Å². The van der Waals surface area contributed by atoms with Gasteiger partial charge in [-0.3, -0.25) is 0 Å². The third-order valence-corrected chi connectivity index (χ3v) is 7.82. The second-order valence-electron chi connectivity index (χ2n) is 10.7. The summed E-state index contributed by atoms with van der Waals surface area (Å²) in [4.78, 5) is 31.5. The SMILES string of the molecule is O=C(N[C@@H](CCN(CCCCc1ccc2c(n1)NCCC2)C1CC1)C(=O)O)OC1CCc2ccc(F)cc21. The lowest BCUT2D eigenvalue weighted by atomic mass is 10.1. The zero-order valence-electron chi connectivity index (χ0n) is 21.8. The van der Waals surface area contributed by atoms with Crippen LogP contribution in [0.25, 0.3) is 0 Å². The Balaban J connectivity index is 1.07. The predicted molar refractivity (Wildman–Crippen MR) is 142 cm³/mol. The number of alkyl carbamates (subject to hydrolysis) is 1. The van der Waals surface area contributed by atoms with Gasteiger partial charge in [-0.25, -0.2) is 19.0 Å². The van der Waals surface area contributed by atoms with Crippen molar-refractivity contribution in [1.29, 1.82) is 0 Å². The predicted octanol–water partition coefficient (Wildman–Crippen LogP) is 4.62. The lowest BCUT2D eigenvalue weighted by molar-refractivity contribution is -0.139. The fraction of sp³-hybridized carbons (Fsp3) is 0.552. The van der Waals surface area contributed by atoms with E-state index >= 15 is 0 Å². The molecule has 2 aromatic rings. The zero-order valence-corrected chi connectivity index (χ0v) is 21.8. The van der Waals surface area contributed by atoms with Gasteiger partial charge in [0, 0.05) is 24.8 Å². The summed E-state index contributed by atoms with van der Waals surface area (Å²) in [7, 11) is 0. The van der Waals surface area contributed by atoms with Gasteiger partial charge in [-0.05, 0) is 106 Å². The molecule has 1 amide bonds. The first-order valence-electron chi connectivity index (χ1n) is 13.9. The lowest BCUT2D eigenvalue weighted by Crippen LogP contribution is -2.44. The molecule has 1 saturated carbocycles. The van der Waals surface area contributed by atoms with Crippen LogP contribution < -0.4 is 10.6 Å². The molecule has 2 heterocycles. The molecule has 3 aliphatic rings. The number of hydrogen-bond donors (Lipinski definition) is 3. The van der Waals surface area contributed by atoms with E-state index in [-0.39, 0.29) is 5.82 Å². The Labute approximate surface area is 223 Å². The minimum atomic E-state index is -1.08. The number of nitrogens with one attached hydrogen (secondary N) is 2. The van der Waals surface area contributed by atoms with Crippen LogP contribution in [0.2, 0.25) is 0 Å². The molecule has 1 aromatic carbocycles. The molecule has 0 radical (unpaired) electrons. The number of amides is 1. The highest BCUT2D eigenvalue weighted by molar-refractivity contribution is 5.80. The van der Waals surface area contributed by atoms with E-state index in [2.05, 4.69) is 27.7 Å². The van der Waals surface area contributed by atoms with Crippen LogP contribution in [0, 0.1) is 5.82 Å². The van der Waals surface area contributed by atoms with Crippen LogP contribution >= 0.6 is 0 Å². The number of aliphatic carboxylic acids is 1. The number of fused-ring (bicyclic) bond motifs is 2. The van der Waals surface area contributed by atoms with Crippen molar-refractivity contribution >= 4 is 17.9 Å². The quantitative estimate of drug-likeness (QED) is 0.348. The second kappa shape index (κ2) is 12.1. The Bertz CT molecular complexity index is 1160. The summed E-state index contributed by atoms with van der Waals surface area (Å²) in [6.07, 6.45) is 7.68. The number of benzene rings is 1. The molecule has 38 heavy (non-hydrogen) atoms. The highest BCUT2D eigenvalue weighted by Gasteiger charge is 2.31. The Hall–Kier alpha value is -3.20.